The van der Waals surface area contributed by atoms with Gasteiger partial charge in [-0.1, -0.05) is 17.4 Å². The minimum Gasteiger partial charge on any atom is -0.498 e. The monoisotopic (exact) mass is 481 g/mol. The molecule has 1 aliphatic heterocycles. The summed E-state index contributed by atoms with van der Waals surface area (Å²) in [7, 11) is 3.39. The molecule has 3 aromatic rings. The van der Waals surface area contributed by atoms with Gasteiger partial charge in [0.15, 0.2) is 5.13 Å². The van der Waals surface area contributed by atoms with Crippen molar-refractivity contribution in [3.05, 3.63) is 47.2 Å². The Morgan fingerprint density at radius 2 is 2.09 bits per heavy atom. The molecule has 1 N–H and O–H groups in total. The van der Waals surface area contributed by atoms with E-state index in [1.54, 1.807) is 32.5 Å². The number of likely N-dealkylation sites (tertiary alicyclic amines) is 1. The van der Waals surface area contributed by atoms with E-state index in [2.05, 4.69) is 33.1 Å². The third-order valence-electron chi connectivity index (χ3n) is 7.00. The van der Waals surface area contributed by atoms with Crippen molar-refractivity contribution in [2.45, 2.75) is 51.3 Å². The fourth-order valence-corrected chi connectivity index (χ4v) is 5.84. The van der Waals surface area contributed by atoms with E-state index in [0.29, 0.717) is 12.5 Å². The van der Waals surface area contributed by atoms with Crippen LogP contribution >= 0.6 is 11.3 Å². The van der Waals surface area contributed by atoms with Crippen LogP contribution in [0.2, 0.25) is 0 Å². The molecule has 5 rings (SSSR count). The van der Waals surface area contributed by atoms with Gasteiger partial charge >= 0.3 is 0 Å². The van der Waals surface area contributed by atoms with E-state index in [4.69, 9.17) is 14.5 Å². The molecule has 180 valence electrons. The molecule has 2 aliphatic rings. The smallest absolute Gasteiger partial charge is 0.219 e. The zero-order valence-corrected chi connectivity index (χ0v) is 20.9. The van der Waals surface area contributed by atoms with Gasteiger partial charge in [-0.25, -0.2) is 9.97 Å². The number of rotatable bonds is 6. The zero-order chi connectivity index (χ0) is 23.9. The number of thiazole rings is 1. The number of hydrogen-bond donors (Lipinski definition) is 1. The highest BCUT2D eigenvalue weighted by molar-refractivity contribution is 7.22. The second-order valence-corrected chi connectivity index (χ2v) is 10.3. The topological polar surface area (TPSA) is 81.5 Å². The van der Waals surface area contributed by atoms with Gasteiger partial charge in [0.1, 0.15) is 11.4 Å². The Labute approximate surface area is 203 Å². The van der Waals surface area contributed by atoms with Crippen LogP contribution in [0.25, 0.3) is 16.3 Å². The van der Waals surface area contributed by atoms with Crippen LogP contribution in [0, 0.1) is 0 Å². The highest BCUT2D eigenvalue weighted by atomic mass is 32.1. The Morgan fingerprint density at radius 3 is 2.79 bits per heavy atom. The third-order valence-corrected chi connectivity index (χ3v) is 7.95. The lowest BCUT2D eigenvalue weighted by Crippen LogP contribution is -2.41. The van der Waals surface area contributed by atoms with Gasteiger partial charge in [-0.05, 0) is 37.5 Å². The average molecular weight is 482 g/mol. The summed E-state index contributed by atoms with van der Waals surface area (Å²) >= 11 is 1.68. The predicted octanol–water partition coefficient (Wildman–Crippen LogP) is 3.91. The average Bonchev–Trinajstić information content (AvgIpc) is 3.41. The first kappa shape index (κ1) is 22.9. The molecule has 0 saturated carbocycles. The van der Waals surface area contributed by atoms with Gasteiger partial charge < -0.3 is 24.3 Å². The molecule has 3 heterocycles. The van der Waals surface area contributed by atoms with Gasteiger partial charge in [-0.15, -0.1) is 0 Å². The molecule has 2 aromatic heterocycles. The molecule has 0 spiro atoms. The molecule has 8 nitrogen and oxygen atoms in total. The van der Waals surface area contributed by atoms with Crippen LogP contribution in [0.5, 0.6) is 0 Å². The number of hydrogen-bond acceptors (Lipinski definition) is 7. The summed E-state index contributed by atoms with van der Waals surface area (Å²) in [6, 6.07) is 6.79. The number of methoxy groups -OCH3 is 2. The number of fused-ring (bicyclic) bond motifs is 2. The van der Waals surface area contributed by atoms with E-state index in [9.17, 15) is 4.79 Å². The second kappa shape index (κ2) is 9.03. The fraction of sp³-hybridized carbons (Fsp3) is 0.480. The Morgan fingerprint density at radius 1 is 1.29 bits per heavy atom. The number of ether oxygens (including phenoxy) is 2. The van der Waals surface area contributed by atoms with E-state index in [-0.39, 0.29) is 5.91 Å². The van der Waals surface area contributed by atoms with E-state index in [1.807, 2.05) is 24.2 Å². The van der Waals surface area contributed by atoms with Crippen molar-refractivity contribution in [2.24, 2.45) is 0 Å². The Bertz CT molecular complexity index is 1240. The van der Waals surface area contributed by atoms with Crippen molar-refractivity contribution in [3.8, 4) is 0 Å². The standard InChI is InChI=1S/C25H31N5O3S/c1-16(31)29-9-7-18(8-10-29)27-24-28-19-6-5-17(11-22(19)34-24)14-30-15-26-20-13-25(2,33-4)23(32-3)12-21(20)30/h5-6,11-12,15,18H,7-10,13-14H2,1-4H3,(H,27,28). The van der Waals surface area contributed by atoms with Crippen LogP contribution in [0.15, 0.2) is 30.3 Å². The number of aromatic nitrogens is 3. The molecule has 1 fully saturated rings. The maximum atomic E-state index is 11.6. The van der Waals surface area contributed by atoms with Gasteiger partial charge in [0.2, 0.25) is 5.91 Å². The number of nitrogens with zero attached hydrogens (tertiary/aromatic N) is 4. The van der Waals surface area contributed by atoms with Gasteiger partial charge in [-0.2, -0.15) is 0 Å². The summed E-state index contributed by atoms with van der Waals surface area (Å²) in [4.78, 5) is 22.9. The lowest BCUT2D eigenvalue weighted by Gasteiger charge is -2.32. The number of amides is 1. The minimum absolute atomic E-state index is 0.159. The van der Waals surface area contributed by atoms with Crippen molar-refractivity contribution in [1.29, 1.82) is 0 Å². The summed E-state index contributed by atoms with van der Waals surface area (Å²) < 4.78 is 14.7. The Kier molecular flexibility index (Phi) is 6.07. The summed E-state index contributed by atoms with van der Waals surface area (Å²) in [5.41, 5.74) is 3.79. The van der Waals surface area contributed by atoms with Crippen molar-refractivity contribution in [2.75, 3.05) is 32.6 Å². The molecule has 1 unspecified atom stereocenters. The van der Waals surface area contributed by atoms with Gasteiger partial charge in [-0.3, -0.25) is 4.79 Å². The number of nitrogens with one attached hydrogen (secondary N) is 1. The number of anilines is 1. The van der Waals surface area contributed by atoms with E-state index >= 15 is 0 Å². The van der Waals surface area contributed by atoms with Crippen LogP contribution in [0.1, 0.15) is 43.6 Å². The quantitative estimate of drug-likeness (QED) is 0.575. The lowest BCUT2D eigenvalue weighted by atomic mass is 9.91. The summed E-state index contributed by atoms with van der Waals surface area (Å²) in [6.45, 7) is 6.00. The summed E-state index contributed by atoms with van der Waals surface area (Å²) in [6.07, 6.45) is 6.52. The zero-order valence-electron chi connectivity index (χ0n) is 20.1. The van der Waals surface area contributed by atoms with Crippen LogP contribution in [0.3, 0.4) is 0 Å². The molecule has 1 aliphatic carbocycles. The van der Waals surface area contributed by atoms with E-state index in [0.717, 1.165) is 65.0 Å². The molecule has 0 radical (unpaired) electrons. The first-order chi connectivity index (χ1) is 16.4. The van der Waals surface area contributed by atoms with Crippen molar-refractivity contribution < 1.29 is 14.3 Å². The number of piperidine rings is 1. The molecule has 9 heteroatoms. The molecular weight excluding hydrogens is 450 g/mol. The molecule has 0 bridgehead atoms. The van der Waals surface area contributed by atoms with Crippen LogP contribution in [0.4, 0.5) is 5.13 Å². The van der Waals surface area contributed by atoms with Gasteiger partial charge in [0.05, 0.1) is 35.0 Å². The first-order valence-electron chi connectivity index (χ1n) is 11.7. The number of benzene rings is 1. The first-order valence-corrected chi connectivity index (χ1v) is 12.5. The third kappa shape index (κ3) is 4.30. The highest BCUT2D eigenvalue weighted by Crippen LogP contribution is 2.34. The second-order valence-electron chi connectivity index (χ2n) is 9.27. The largest absolute Gasteiger partial charge is 0.498 e. The van der Waals surface area contributed by atoms with Crippen molar-refractivity contribution in [3.63, 3.8) is 0 Å². The molecule has 34 heavy (non-hydrogen) atoms. The molecule has 1 amide bonds. The van der Waals surface area contributed by atoms with E-state index in [1.165, 1.54) is 5.56 Å². The van der Waals surface area contributed by atoms with Crippen molar-refractivity contribution >= 4 is 38.7 Å². The number of imidazole rings is 1. The minimum atomic E-state index is -0.491. The normalized spacial score (nSPS) is 20.8. The number of carbonyl (C=O) groups is 1. The SMILES string of the molecule is COC1=Cc2c(ncn2Cc2ccc3nc(NC4CCN(C(C)=O)CC4)sc3c2)CC1(C)OC. The van der Waals surface area contributed by atoms with E-state index < -0.39 is 5.60 Å². The molecule has 1 atom stereocenters. The summed E-state index contributed by atoms with van der Waals surface area (Å²) in [5.74, 6) is 0.971. The molecule has 1 aromatic carbocycles. The Balaban J connectivity index is 1.31. The number of carbonyl (C=O) groups excluding carboxylic acids is 1. The van der Waals surface area contributed by atoms with Crippen molar-refractivity contribution in [1.82, 2.24) is 19.4 Å². The van der Waals surface area contributed by atoms with Crippen LogP contribution in [-0.4, -0.2) is 64.3 Å². The fourth-order valence-electron chi connectivity index (χ4n) is 4.83. The van der Waals surface area contributed by atoms with Gasteiger partial charge in [0.25, 0.3) is 0 Å². The maximum Gasteiger partial charge on any atom is 0.219 e. The van der Waals surface area contributed by atoms with Crippen LogP contribution in [-0.2, 0) is 27.2 Å². The Hall–Kier alpha value is -2.91. The highest BCUT2D eigenvalue weighted by Gasteiger charge is 2.36. The van der Waals surface area contributed by atoms with Crippen LogP contribution < -0.4 is 5.32 Å². The lowest BCUT2D eigenvalue weighted by molar-refractivity contribution is -0.129. The summed E-state index contributed by atoms with van der Waals surface area (Å²) in [5, 5.41) is 4.53. The maximum absolute atomic E-state index is 11.6. The predicted molar refractivity (Wildman–Crippen MR) is 134 cm³/mol. The van der Waals surface area contributed by atoms with Gasteiger partial charge in [0, 0.05) is 52.2 Å². The molecule has 1 saturated heterocycles. The molecular formula is C25H31N5O3S.